The highest BCUT2D eigenvalue weighted by Crippen LogP contribution is 2.35. The van der Waals surface area contributed by atoms with Crippen LogP contribution in [-0.4, -0.2) is 38.0 Å². The molecule has 0 heterocycles. The second-order valence-electron chi connectivity index (χ2n) is 4.73. The van der Waals surface area contributed by atoms with Crippen LogP contribution < -0.4 is 20.1 Å². The molecule has 118 valence electrons. The monoisotopic (exact) mass is 316 g/mol. The first-order valence-corrected chi connectivity index (χ1v) is 6.90. The summed E-state index contributed by atoms with van der Waals surface area (Å²) in [6.07, 6.45) is 0. The predicted octanol–water partition coefficient (Wildman–Crippen LogP) is 2.50. The number of amides is 2. The summed E-state index contributed by atoms with van der Waals surface area (Å²) in [5, 5.41) is 14.8. The van der Waals surface area contributed by atoms with Crippen LogP contribution in [0.15, 0.2) is 12.1 Å². The van der Waals surface area contributed by atoms with Gasteiger partial charge in [-0.3, -0.25) is 0 Å². The van der Waals surface area contributed by atoms with Crippen LogP contribution in [0, 0.1) is 5.92 Å². The topological polar surface area (TPSA) is 79.8 Å². The van der Waals surface area contributed by atoms with Crippen molar-refractivity contribution in [2.75, 3.05) is 26.1 Å². The van der Waals surface area contributed by atoms with Gasteiger partial charge < -0.3 is 25.2 Å². The molecule has 0 saturated heterocycles. The third-order valence-electron chi connectivity index (χ3n) is 3.22. The van der Waals surface area contributed by atoms with E-state index >= 15 is 0 Å². The molecule has 0 unspecified atom stereocenters. The van der Waals surface area contributed by atoms with Gasteiger partial charge >= 0.3 is 6.03 Å². The molecule has 2 atom stereocenters. The van der Waals surface area contributed by atoms with E-state index in [1.807, 2.05) is 13.8 Å². The molecular weight excluding hydrogens is 296 g/mol. The van der Waals surface area contributed by atoms with Crippen molar-refractivity contribution in [3.05, 3.63) is 17.2 Å². The van der Waals surface area contributed by atoms with Crippen molar-refractivity contribution in [2.24, 2.45) is 5.92 Å². The molecule has 21 heavy (non-hydrogen) atoms. The molecule has 0 radical (unpaired) electrons. The summed E-state index contributed by atoms with van der Waals surface area (Å²) in [5.41, 5.74) is 0.435. The highest BCUT2D eigenvalue weighted by Gasteiger charge is 2.16. The Bertz CT molecular complexity index is 496. The van der Waals surface area contributed by atoms with Crippen LogP contribution in [0.2, 0.25) is 5.02 Å². The summed E-state index contributed by atoms with van der Waals surface area (Å²) in [6, 6.07) is 2.58. The first-order chi connectivity index (χ1) is 9.92. The Morgan fingerprint density at radius 2 is 1.90 bits per heavy atom. The van der Waals surface area contributed by atoms with Crippen molar-refractivity contribution in [3.63, 3.8) is 0 Å². The lowest BCUT2D eigenvalue weighted by Crippen LogP contribution is -2.40. The number of hydrogen-bond donors (Lipinski definition) is 3. The largest absolute Gasteiger partial charge is 0.495 e. The van der Waals surface area contributed by atoms with Gasteiger partial charge in [0.25, 0.3) is 0 Å². The first-order valence-electron chi connectivity index (χ1n) is 6.52. The van der Waals surface area contributed by atoms with E-state index in [2.05, 4.69) is 10.6 Å². The van der Waals surface area contributed by atoms with E-state index in [-0.39, 0.29) is 18.6 Å². The molecule has 0 aliphatic rings. The summed E-state index contributed by atoms with van der Waals surface area (Å²) >= 11 is 6.04. The number of carbonyl (C=O) groups is 1. The summed E-state index contributed by atoms with van der Waals surface area (Å²) in [6.45, 7) is 3.66. The second kappa shape index (κ2) is 7.95. The summed E-state index contributed by atoms with van der Waals surface area (Å²) in [7, 11) is 2.99. The van der Waals surface area contributed by atoms with E-state index in [1.54, 1.807) is 12.1 Å². The Morgan fingerprint density at radius 3 is 2.43 bits per heavy atom. The van der Waals surface area contributed by atoms with Crippen LogP contribution in [0.25, 0.3) is 0 Å². The van der Waals surface area contributed by atoms with Gasteiger partial charge in [0.1, 0.15) is 11.5 Å². The minimum absolute atomic E-state index is 0.000861. The van der Waals surface area contributed by atoms with Crippen molar-refractivity contribution >= 4 is 23.3 Å². The molecule has 0 aromatic heterocycles. The maximum absolute atomic E-state index is 11.9. The van der Waals surface area contributed by atoms with Crippen LogP contribution in [0.5, 0.6) is 11.5 Å². The van der Waals surface area contributed by atoms with E-state index in [0.29, 0.717) is 22.2 Å². The van der Waals surface area contributed by atoms with E-state index < -0.39 is 6.03 Å². The number of anilines is 1. The number of halogens is 1. The van der Waals surface area contributed by atoms with Gasteiger partial charge in [0, 0.05) is 18.7 Å². The van der Waals surface area contributed by atoms with E-state index in [0.717, 1.165) is 0 Å². The van der Waals surface area contributed by atoms with Crippen LogP contribution in [0.1, 0.15) is 13.8 Å². The molecule has 0 saturated carbocycles. The van der Waals surface area contributed by atoms with Crippen LogP contribution >= 0.6 is 11.6 Å². The van der Waals surface area contributed by atoms with Gasteiger partial charge in [-0.25, -0.2) is 4.79 Å². The molecule has 1 rings (SSSR count). The van der Waals surface area contributed by atoms with Crippen molar-refractivity contribution < 1.29 is 19.4 Å². The third kappa shape index (κ3) is 4.68. The van der Waals surface area contributed by atoms with Gasteiger partial charge in [-0.15, -0.1) is 0 Å². The summed E-state index contributed by atoms with van der Waals surface area (Å²) < 4.78 is 10.3. The zero-order valence-corrected chi connectivity index (χ0v) is 13.3. The fourth-order valence-electron chi connectivity index (χ4n) is 1.62. The normalized spacial score (nSPS) is 13.2. The minimum atomic E-state index is -0.401. The van der Waals surface area contributed by atoms with Crippen LogP contribution in [0.4, 0.5) is 10.5 Å². The minimum Gasteiger partial charge on any atom is -0.495 e. The number of aliphatic hydroxyl groups excluding tert-OH is 1. The molecule has 0 aliphatic carbocycles. The molecular formula is C14H21ClN2O4. The fraction of sp³-hybridized carbons (Fsp3) is 0.500. The zero-order chi connectivity index (χ0) is 16.0. The van der Waals surface area contributed by atoms with E-state index in [4.69, 9.17) is 26.2 Å². The molecule has 0 bridgehead atoms. The number of aliphatic hydroxyl groups is 1. The lowest BCUT2D eigenvalue weighted by Gasteiger charge is -2.20. The third-order valence-corrected chi connectivity index (χ3v) is 3.52. The number of ether oxygens (including phenoxy) is 2. The number of nitrogens with one attached hydrogen (secondary N) is 2. The average molecular weight is 317 g/mol. The maximum atomic E-state index is 11.9. The molecule has 1 aromatic rings. The number of carbonyl (C=O) groups excluding carboxylic acids is 1. The summed E-state index contributed by atoms with van der Waals surface area (Å²) in [4.78, 5) is 11.9. The number of urea groups is 1. The average Bonchev–Trinajstić information content (AvgIpc) is 2.46. The Kier molecular flexibility index (Phi) is 6.58. The van der Waals surface area contributed by atoms with Gasteiger partial charge in [0.05, 0.1) is 24.9 Å². The van der Waals surface area contributed by atoms with Gasteiger partial charge in [-0.05, 0) is 18.9 Å². The fourth-order valence-corrected chi connectivity index (χ4v) is 1.86. The van der Waals surface area contributed by atoms with Crippen molar-refractivity contribution in [2.45, 2.75) is 19.9 Å². The molecule has 6 nitrogen and oxygen atoms in total. The van der Waals surface area contributed by atoms with Crippen LogP contribution in [-0.2, 0) is 0 Å². The number of rotatable bonds is 6. The standard InChI is InChI=1S/C14H21ClN2O4/c1-8(7-18)9(2)16-14(19)17-11-5-10(15)12(20-3)6-13(11)21-4/h5-6,8-9,18H,7H2,1-4H3,(H2,16,17,19)/t8-,9+/m1/s1. The molecule has 1 aromatic carbocycles. The highest BCUT2D eigenvalue weighted by atomic mass is 35.5. The van der Waals surface area contributed by atoms with Gasteiger partial charge in [0.2, 0.25) is 0 Å². The van der Waals surface area contributed by atoms with Crippen molar-refractivity contribution in [1.29, 1.82) is 0 Å². The molecule has 0 aliphatic heterocycles. The number of benzene rings is 1. The highest BCUT2D eigenvalue weighted by molar-refractivity contribution is 6.32. The predicted molar refractivity (Wildman–Crippen MR) is 82.4 cm³/mol. The van der Waals surface area contributed by atoms with Gasteiger partial charge in [-0.2, -0.15) is 0 Å². The molecule has 2 amide bonds. The lowest BCUT2D eigenvalue weighted by atomic mass is 10.1. The quantitative estimate of drug-likeness (QED) is 0.753. The Morgan fingerprint density at radius 1 is 1.29 bits per heavy atom. The molecule has 7 heteroatoms. The molecule has 3 N–H and O–H groups in total. The number of methoxy groups -OCH3 is 2. The smallest absolute Gasteiger partial charge is 0.319 e. The zero-order valence-electron chi connectivity index (χ0n) is 12.6. The van der Waals surface area contributed by atoms with E-state index in [9.17, 15) is 4.79 Å². The Hall–Kier alpha value is -1.66. The van der Waals surface area contributed by atoms with Crippen molar-refractivity contribution in [3.8, 4) is 11.5 Å². The Labute approximate surface area is 129 Å². The van der Waals surface area contributed by atoms with Crippen molar-refractivity contribution in [1.82, 2.24) is 5.32 Å². The van der Waals surface area contributed by atoms with Gasteiger partial charge in [-0.1, -0.05) is 18.5 Å². The van der Waals surface area contributed by atoms with Gasteiger partial charge in [0.15, 0.2) is 0 Å². The molecule has 0 fully saturated rings. The first kappa shape index (κ1) is 17.4. The Balaban J connectivity index is 2.82. The van der Waals surface area contributed by atoms with Crippen LogP contribution in [0.3, 0.4) is 0 Å². The second-order valence-corrected chi connectivity index (χ2v) is 5.14. The SMILES string of the molecule is COc1cc(OC)c(NC(=O)N[C@@H](C)[C@H](C)CO)cc1Cl. The lowest BCUT2D eigenvalue weighted by molar-refractivity contribution is 0.204. The summed E-state index contributed by atoms with van der Waals surface area (Å²) in [5.74, 6) is 0.855. The number of hydrogen-bond acceptors (Lipinski definition) is 4. The maximum Gasteiger partial charge on any atom is 0.319 e. The molecule has 0 spiro atoms. The van der Waals surface area contributed by atoms with E-state index in [1.165, 1.54) is 14.2 Å².